The number of nitrogens with zero attached hydrogens (tertiary/aromatic N) is 1. The van der Waals surface area contributed by atoms with Crippen LogP contribution in [0.5, 0.6) is 0 Å². The first kappa shape index (κ1) is 11.9. The van der Waals surface area contributed by atoms with Gasteiger partial charge in [-0.2, -0.15) is 0 Å². The Labute approximate surface area is 105 Å². The van der Waals surface area contributed by atoms with Crippen LogP contribution in [0.15, 0.2) is 22.7 Å². The number of aliphatic hydroxyl groups excluding tert-OH is 1. The molecule has 0 bridgehead atoms. The lowest BCUT2D eigenvalue weighted by molar-refractivity contribution is 0.221. The highest BCUT2D eigenvalue weighted by Crippen LogP contribution is 2.31. The van der Waals surface area contributed by atoms with E-state index in [-0.39, 0.29) is 0 Å². The van der Waals surface area contributed by atoms with Crippen molar-refractivity contribution in [2.24, 2.45) is 5.92 Å². The van der Waals surface area contributed by atoms with Crippen molar-refractivity contribution in [2.75, 3.05) is 18.1 Å². The third-order valence-corrected chi connectivity index (χ3v) is 4.51. The monoisotopic (exact) mass is 283 g/mol. The van der Waals surface area contributed by atoms with Gasteiger partial charge in [0.05, 0.1) is 0 Å². The molecule has 2 nitrogen and oxygen atoms in total. The van der Waals surface area contributed by atoms with Crippen LogP contribution in [0.1, 0.15) is 18.9 Å². The van der Waals surface area contributed by atoms with Gasteiger partial charge in [-0.05, 0) is 44.0 Å². The highest BCUT2D eigenvalue weighted by atomic mass is 79.9. The second-order valence-corrected chi connectivity index (χ2v) is 5.45. The molecule has 1 aliphatic heterocycles. The van der Waals surface area contributed by atoms with Crippen LogP contribution in [-0.2, 0) is 0 Å². The molecule has 2 atom stereocenters. The first-order valence-corrected chi connectivity index (χ1v) is 6.56. The van der Waals surface area contributed by atoms with Gasteiger partial charge in [-0.25, -0.2) is 0 Å². The van der Waals surface area contributed by atoms with Gasteiger partial charge in [-0.15, -0.1) is 0 Å². The normalized spacial score (nSPS) is 25.1. The van der Waals surface area contributed by atoms with E-state index in [1.165, 1.54) is 11.3 Å². The fourth-order valence-corrected chi connectivity index (χ4v) is 2.67. The standard InChI is InChI=1S/C13H18BrNO/c1-9-7-12(3-4-13(9)14)15-6-5-11(8-16)10(15)2/h3-4,7,10-11,16H,5-6,8H2,1-2H3. The number of rotatable bonds is 2. The van der Waals surface area contributed by atoms with Crippen LogP contribution in [0.3, 0.4) is 0 Å². The molecule has 0 saturated carbocycles. The van der Waals surface area contributed by atoms with Crippen molar-refractivity contribution in [2.45, 2.75) is 26.3 Å². The Morgan fingerprint density at radius 3 is 2.81 bits per heavy atom. The van der Waals surface area contributed by atoms with Gasteiger partial charge >= 0.3 is 0 Å². The molecule has 2 rings (SSSR count). The molecular weight excluding hydrogens is 266 g/mol. The number of hydrogen-bond acceptors (Lipinski definition) is 2. The first-order chi connectivity index (χ1) is 7.63. The summed E-state index contributed by atoms with van der Waals surface area (Å²) in [5, 5.41) is 9.27. The van der Waals surface area contributed by atoms with Gasteiger partial charge in [-0.3, -0.25) is 0 Å². The molecule has 16 heavy (non-hydrogen) atoms. The summed E-state index contributed by atoms with van der Waals surface area (Å²) in [5.74, 6) is 0.420. The number of hydrogen-bond donors (Lipinski definition) is 1. The fourth-order valence-electron chi connectivity index (χ4n) is 2.42. The van der Waals surface area contributed by atoms with E-state index in [1.54, 1.807) is 0 Å². The molecule has 1 heterocycles. The lowest BCUT2D eigenvalue weighted by Gasteiger charge is -2.26. The van der Waals surface area contributed by atoms with E-state index in [0.29, 0.717) is 18.6 Å². The van der Waals surface area contributed by atoms with Gasteiger partial charge in [0.15, 0.2) is 0 Å². The first-order valence-electron chi connectivity index (χ1n) is 5.77. The Morgan fingerprint density at radius 2 is 2.25 bits per heavy atom. The summed E-state index contributed by atoms with van der Waals surface area (Å²) < 4.78 is 1.15. The maximum atomic E-state index is 9.27. The zero-order chi connectivity index (χ0) is 11.7. The molecule has 88 valence electrons. The van der Waals surface area contributed by atoms with Crippen molar-refractivity contribution in [3.05, 3.63) is 28.2 Å². The Balaban J connectivity index is 2.22. The van der Waals surface area contributed by atoms with Crippen LogP contribution < -0.4 is 4.90 Å². The number of benzene rings is 1. The molecule has 0 radical (unpaired) electrons. The maximum absolute atomic E-state index is 9.27. The quantitative estimate of drug-likeness (QED) is 0.902. The minimum absolute atomic E-state index is 0.299. The van der Waals surface area contributed by atoms with Crippen LogP contribution in [0.25, 0.3) is 0 Å². The van der Waals surface area contributed by atoms with Crippen molar-refractivity contribution in [3.8, 4) is 0 Å². The van der Waals surface area contributed by atoms with Gasteiger partial charge in [0, 0.05) is 35.3 Å². The van der Waals surface area contributed by atoms with Crippen LogP contribution in [-0.4, -0.2) is 24.3 Å². The highest BCUT2D eigenvalue weighted by molar-refractivity contribution is 9.10. The molecule has 1 aliphatic rings. The average molecular weight is 284 g/mol. The number of aliphatic hydroxyl groups is 1. The van der Waals surface area contributed by atoms with Gasteiger partial charge in [0.25, 0.3) is 0 Å². The molecule has 0 aliphatic carbocycles. The van der Waals surface area contributed by atoms with E-state index in [2.05, 4.69) is 52.9 Å². The van der Waals surface area contributed by atoms with Crippen molar-refractivity contribution in [1.29, 1.82) is 0 Å². The van der Waals surface area contributed by atoms with Crippen LogP contribution in [0, 0.1) is 12.8 Å². The molecule has 0 spiro atoms. The number of aryl methyl sites for hydroxylation is 1. The van der Waals surface area contributed by atoms with E-state index >= 15 is 0 Å². The summed E-state index contributed by atoms with van der Waals surface area (Å²) in [5.41, 5.74) is 2.53. The summed E-state index contributed by atoms with van der Waals surface area (Å²) in [6.07, 6.45) is 1.09. The number of halogens is 1. The van der Waals surface area contributed by atoms with Crippen molar-refractivity contribution in [3.63, 3.8) is 0 Å². The summed E-state index contributed by atoms with van der Waals surface area (Å²) in [4.78, 5) is 2.39. The predicted molar refractivity (Wildman–Crippen MR) is 70.9 cm³/mol. The van der Waals surface area contributed by atoms with Crippen LogP contribution in [0.2, 0.25) is 0 Å². The van der Waals surface area contributed by atoms with Gasteiger partial charge in [0.2, 0.25) is 0 Å². The van der Waals surface area contributed by atoms with E-state index in [0.717, 1.165) is 17.4 Å². The molecule has 1 fully saturated rings. The number of anilines is 1. The topological polar surface area (TPSA) is 23.5 Å². The third kappa shape index (κ3) is 2.11. The Morgan fingerprint density at radius 1 is 1.50 bits per heavy atom. The minimum Gasteiger partial charge on any atom is -0.396 e. The molecular formula is C13H18BrNO. The zero-order valence-electron chi connectivity index (χ0n) is 9.78. The van der Waals surface area contributed by atoms with Crippen LogP contribution in [0.4, 0.5) is 5.69 Å². The van der Waals surface area contributed by atoms with Crippen molar-refractivity contribution in [1.82, 2.24) is 0 Å². The summed E-state index contributed by atoms with van der Waals surface area (Å²) in [7, 11) is 0. The Kier molecular flexibility index (Phi) is 3.55. The summed E-state index contributed by atoms with van der Waals surface area (Å²) >= 11 is 3.52. The van der Waals surface area contributed by atoms with E-state index in [1.807, 2.05) is 0 Å². The zero-order valence-corrected chi connectivity index (χ0v) is 11.4. The lowest BCUT2D eigenvalue weighted by Crippen LogP contribution is -2.31. The maximum Gasteiger partial charge on any atom is 0.0479 e. The lowest BCUT2D eigenvalue weighted by atomic mass is 10.0. The van der Waals surface area contributed by atoms with Crippen molar-refractivity contribution >= 4 is 21.6 Å². The van der Waals surface area contributed by atoms with Crippen molar-refractivity contribution < 1.29 is 5.11 Å². The van der Waals surface area contributed by atoms with E-state index in [4.69, 9.17) is 0 Å². The van der Waals surface area contributed by atoms with E-state index in [9.17, 15) is 5.11 Å². The molecule has 1 aromatic carbocycles. The second-order valence-electron chi connectivity index (χ2n) is 4.60. The van der Waals surface area contributed by atoms with Crippen LogP contribution >= 0.6 is 15.9 Å². The molecule has 1 aromatic rings. The third-order valence-electron chi connectivity index (χ3n) is 3.62. The molecule has 0 aromatic heterocycles. The summed E-state index contributed by atoms with van der Waals surface area (Å²) in [6.45, 7) is 5.66. The average Bonchev–Trinajstić information content (AvgIpc) is 2.64. The van der Waals surface area contributed by atoms with Gasteiger partial charge in [0.1, 0.15) is 0 Å². The molecule has 0 amide bonds. The Hall–Kier alpha value is -0.540. The molecule has 1 saturated heterocycles. The molecule has 3 heteroatoms. The highest BCUT2D eigenvalue weighted by Gasteiger charge is 2.30. The van der Waals surface area contributed by atoms with Gasteiger partial charge in [-0.1, -0.05) is 15.9 Å². The summed E-state index contributed by atoms with van der Waals surface area (Å²) in [6, 6.07) is 6.89. The SMILES string of the molecule is Cc1cc(N2CCC(CO)C2C)ccc1Br. The van der Waals surface area contributed by atoms with Gasteiger partial charge < -0.3 is 10.0 Å². The minimum atomic E-state index is 0.299. The molecule has 1 N–H and O–H groups in total. The largest absolute Gasteiger partial charge is 0.396 e. The molecule has 2 unspecified atom stereocenters. The smallest absolute Gasteiger partial charge is 0.0479 e. The Bertz CT molecular complexity index is 380. The fraction of sp³-hybridized carbons (Fsp3) is 0.538. The van der Waals surface area contributed by atoms with E-state index < -0.39 is 0 Å². The second kappa shape index (κ2) is 4.76. The predicted octanol–water partition coefficient (Wildman–Crippen LogP) is 2.96.